The monoisotopic (exact) mass is 194 g/mol. The van der Waals surface area contributed by atoms with Crippen LogP contribution in [0.3, 0.4) is 0 Å². The quantitative estimate of drug-likeness (QED) is 0.697. The average Bonchev–Trinajstić information content (AvgIpc) is 2.12. The molecule has 0 saturated carbocycles. The van der Waals surface area contributed by atoms with Crippen LogP contribution in [0, 0.1) is 6.92 Å². The predicted molar refractivity (Wildman–Crippen MR) is 54.9 cm³/mol. The summed E-state index contributed by atoms with van der Waals surface area (Å²) in [7, 11) is 0. The van der Waals surface area contributed by atoms with E-state index in [0.717, 1.165) is 5.56 Å². The van der Waals surface area contributed by atoms with Gasteiger partial charge in [-0.3, -0.25) is 4.79 Å². The Bertz CT molecular complexity index is 337. The summed E-state index contributed by atoms with van der Waals surface area (Å²) in [5.74, 6) is 0.331. The highest BCUT2D eigenvalue weighted by atomic mass is 16.5. The molecule has 4 heteroatoms. The van der Waals surface area contributed by atoms with E-state index in [2.05, 4.69) is 0 Å². The van der Waals surface area contributed by atoms with Gasteiger partial charge in [-0.15, -0.1) is 0 Å². The highest BCUT2D eigenvalue weighted by Crippen LogP contribution is 2.22. The number of primary amides is 1. The first kappa shape index (κ1) is 10.4. The molecule has 4 nitrogen and oxygen atoms in total. The van der Waals surface area contributed by atoms with Gasteiger partial charge in [-0.25, -0.2) is 0 Å². The van der Waals surface area contributed by atoms with E-state index in [-0.39, 0.29) is 12.3 Å². The second kappa shape index (κ2) is 4.50. The highest BCUT2D eigenvalue weighted by Gasteiger charge is 2.02. The molecule has 0 heterocycles. The van der Waals surface area contributed by atoms with Crippen LogP contribution in [0.4, 0.5) is 5.69 Å². The van der Waals surface area contributed by atoms with E-state index in [1.807, 2.05) is 19.1 Å². The van der Waals surface area contributed by atoms with Gasteiger partial charge in [0.2, 0.25) is 5.91 Å². The van der Waals surface area contributed by atoms with Gasteiger partial charge in [0.25, 0.3) is 0 Å². The van der Waals surface area contributed by atoms with Gasteiger partial charge >= 0.3 is 0 Å². The molecule has 0 radical (unpaired) electrons. The Labute approximate surface area is 82.8 Å². The fraction of sp³-hybridized carbons (Fsp3) is 0.300. The lowest BCUT2D eigenvalue weighted by atomic mass is 10.2. The molecule has 0 unspecified atom stereocenters. The Hall–Kier alpha value is -1.71. The molecule has 0 aliphatic rings. The van der Waals surface area contributed by atoms with Gasteiger partial charge in [0.05, 0.1) is 13.0 Å². The summed E-state index contributed by atoms with van der Waals surface area (Å²) in [6.07, 6.45) is 0.217. The Balaban J connectivity index is 2.59. The minimum absolute atomic E-state index is 0.217. The molecule has 76 valence electrons. The van der Waals surface area contributed by atoms with Crippen molar-refractivity contribution in [3.63, 3.8) is 0 Å². The van der Waals surface area contributed by atoms with Gasteiger partial charge in [-0.2, -0.15) is 0 Å². The van der Waals surface area contributed by atoms with Gasteiger partial charge in [-0.05, 0) is 19.1 Å². The third kappa shape index (κ3) is 2.65. The molecule has 1 aromatic carbocycles. The first-order valence-corrected chi connectivity index (χ1v) is 4.37. The van der Waals surface area contributed by atoms with Gasteiger partial charge in [0.1, 0.15) is 5.75 Å². The van der Waals surface area contributed by atoms with Crippen LogP contribution in [-0.2, 0) is 4.79 Å². The van der Waals surface area contributed by atoms with Crippen molar-refractivity contribution in [2.45, 2.75) is 13.3 Å². The topological polar surface area (TPSA) is 78.3 Å². The van der Waals surface area contributed by atoms with E-state index >= 15 is 0 Å². The summed E-state index contributed by atoms with van der Waals surface area (Å²) in [5, 5.41) is 0. The fourth-order valence-corrected chi connectivity index (χ4v) is 1.05. The maximum Gasteiger partial charge on any atom is 0.220 e. The van der Waals surface area contributed by atoms with Crippen LogP contribution in [0.1, 0.15) is 12.0 Å². The largest absolute Gasteiger partial charge is 0.493 e. The smallest absolute Gasteiger partial charge is 0.220 e. The van der Waals surface area contributed by atoms with Crippen molar-refractivity contribution in [2.24, 2.45) is 5.73 Å². The molecule has 1 aromatic rings. The molecule has 0 aliphatic carbocycles. The van der Waals surface area contributed by atoms with Crippen LogP contribution in [0.5, 0.6) is 5.75 Å². The lowest BCUT2D eigenvalue weighted by Crippen LogP contribution is -2.14. The molecule has 0 spiro atoms. The number of anilines is 1. The number of nitrogens with two attached hydrogens (primary N) is 2. The molecule has 0 fully saturated rings. The number of amides is 1. The second-order valence-corrected chi connectivity index (χ2v) is 3.04. The van der Waals surface area contributed by atoms with Crippen molar-refractivity contribution in [2.75, 3.05) is 12.3 Å². The highest BCUT2D eigenvalue weighted by molar-refractivity contribution is 5.73. The minimum Gasteiger partial charge on any atom is -0.493 e. The van der Waals surface area contributed by atoms with Crippen molar-refractivity contribution in [3.05, 3.63) is 23.8 Å². The number of nitrogen functional groups attached to an aromatic ring is 1. The number of benzene rings is 1. The van der Waals surface area contributed by atoms with Gasteiger partial charge in [-0.1, -0.05) is 6.07 Å². The van der Waals surface area contributed by atoms with Crippen LogP contribution in [-0.4, -0.2) is 12.5 Å². The molecule has 0 atom stereocenters. The molecule has 0 aliphatic heterocycles. The maximum absolute atomic E-state index is 10.5. The van der Waals surface area contributed by atoms with Crippen molar-refractivity contribution in [1.29, 1.82) is 0 Å². The van der Waals surface area contributed by atoms with E-state index in [1.165, 1.54) is 0 Å². The zero-order valence-corrected chi connectivity index (χ0v) is 8.12. The summed E-state index contributed by atoms with van der Waals surface area (Å²) in [6, 6.07) is 5.42. The average molecular weight is 194 g/mol. The van der Waals surface area contributed by atoms with Gasteiger partial charge in [0, 0.05) is 11.3 Å². The third-order valence-electron chi connectivity index (χ3n) is 1.93. The Morgan fingerprint density at radius 3 is 2.86 bits per heavy atom. The van der Waals surface area contributed by atoms with Crippen LogP contribution in [0.15, 0.2) is 18.2 Å². The molecule has 0 aromatic heterocycles. The van der Waals surface area contributed by atoms with Crippen molar-refractivity contribution < 1.29 is 9.53 Å². The zero-order valence-electron chi connectivity index (χ0n) is 8.12. The van der Waals surface area contributed by atoms with E-state index in [0.29, 0.717) is 18.0 Å². The number of rotatable bonds is 4. The molecule has 0 saturated heterocycles. The molecular weight excluding hydrogens is 180 g/mol. The van der Waals surface area contributed by atoms with E-state index < -0.39 is 0 Å². The minimum atomic E-state index is -0.369. The van der Waals surface area contributed by atoms with Gasteiger partial charge < -0.3 is 16.2 Å². The van der Waals surface area contributed by atoms with Crippen LogP contribution < -0.4 is 16.2 Å². The molecule has 1 rings (SSSR count). The summed E-state index contributed by atoms with van der Waals surface area (Å²) >= 11 is 0. The van der Waals surface area contributed by atoms with E-state index in [9.17, 15) is 4.79 Å². The Morgan fingerprint density at radius 2 is 2.21 bits per heavy atom. The second-order valence-electron chi connectivity index (χ2n) is 3.04. The lowest BCUT2D eigenvalue weighted by Gasteiger charge is -2.09. The van der Waals surface area contributed by atoms with Crippen LogP contribution in [0.2, 0.25) is 0 Å². The standard InChI is InChI=1S/C10H14N2O2/c1-7-8(11)3-2-4-9(7)14-6-5-10(12)13/h2-4H,5-6,11H2,1H3,(H2,12,13). The normalized spacial score (nSPS) is 9.79. The van der Waals surface area contributed by atoms with Crippen molar-refractivity contribution >= 4 is 11.6 Å². The van der Waals surface area contributed by atoms with Crippen LogP contribution >= 0.6 is 0 Å². The van der Waals surface area contributed by atoms with Crippen molar-refractivity contribution in [1.82, 2.24) is 0 Å². The first-order chi connectivity index (χ1) is 6.61. The number of carbonyl (C=O) groups is 1. The summed E-state index contributed by atoms with van der Waals surface area (Å²) in [4.78, 5) is 10.5. The Kier molecular flexibility index (Phi) is 3.34. The summed E-state index contributed by atoms with van der Waals surface area (Å²) in [5.41, 5.74) is 12.2. The number of carbonyl (C=O) groups excluding carboxylic acids is 1. The summed E-state index contributed by atoms with van der Waals surface area (Å²) < 4.78 is 5.35. The molecule has 14 heavy (non-hydrogen) atoms. The molecule has 4 N–H and O–H groups in total. The molecular formula is C10H14N2O2. The molecule has 0 bridgehead atoms. The van der Waals surface area contributed by atoms with Crippen LogP contribution in [0.25, 0.3) is 0 Å². The predicted octanol–water partition coefficient (Wildman–Crippen LogP) is 0.831. The third-order valence-corrected chi connectivity index (χ3v) is 1.93. The molecule has 1 amide bonds. The zero-order chi connectivity index (χ0) is 10.6. The van der Waals surface area contributed by atoms with E-state index in [4.69, 9.17) is 16.2 Å². The summed E-state index contributed by atoms with van der Waals surface area (Å²) in [6.45, 7) is 2.16. The van der Waals surface area contributed by atoms with Crippen molar-refractivity contribution in [3.8, 4) is 5.75 Å². The Morgan fingerprint density at radius 1 is 1.50 bits per heavy atom. The number of hydrogen-bond acceptors (Lipinski definition) is 3. The SMILES string of the molecule is Cc1c(N)cccc1OCCC(N)=O. The van der Waals surface area contributed by atoms with Gasteiger partial charge in [0.15, 0.2) is 0 Å². The first-order valence-electron chi connectivity index (χ1n) is 4.37. The number of ether oxygens (including phenoxy) is 1. The maximum atomic E-state index is 10.5. The fourth-order valence-electron chi connectivity index (χ4n) is 1.05. The van der Waals surface area contributed by atoms with E-state index in [1.54, 1.807) is 6.07 Å². The number of hydrogen-bond donors (Lipinski definition) is 2. The lowest BCUT2D eigenvalue weighted by molar-refractivity contribution is -0.118.